The molecule has 0 N–H and O–H groups in total. The zero-order valence-corrected chi connectivity index (χ0v) is 11.3. The molecule has 4 heteroatoms. The van der Waals surface area contributed by atoms with Crippen molar-refractivity contribution < 1.29 is 9.53 Å². The zero-order valence-electron chi connectivity index (χ0n) is 11.3. The average Bonchev–Trinajstić information content (AvgIpc) is 2.44. The molecule has 0 radical (unpaired) electrons. The maximum Gasteiger partial charge on any atom is 0.338 e. The Hall–Kier alpha value is -2.23. The quantitative estimate of drug-likeness (QED) is 0.341. The maximum absolute atomic E-state index is 11.6. The molecule has 0 saturated heterocycles. The molecule has 0 saturated carbocycles. The first-order valence-corrected chi connectivity index (χ1v) is 6.08. The summed E-state index contributed by atoms with van der Waals surface area (Å²) in [6, 6.07) is 3.81. The van der Waals surface area contributed by atoms with Gasteiger partial charge in [0.25, 0.3) is 0 Å². The normalized spacial score (nSPS) is 12.1. The number of hydrogen-bond acceptors (Lipinski definition) is 4. The third kappa shape index (κ3) is 5.29. The first-order chi connectivity index (χ1) is 9.17. The molecule has 1 aromatic heterocycles. The molecule has 0 aliphatic heterocycles. The van der Waals surface area contributed by atoms with Crippen LogP contribution in [0.25, 0.3) is 0 Å². The predicted octanol–water partition coefficient (Wildman–Crippen LogP) is 2.72. The van der Waals surface area contributed by atoms with E-state index in [0.29, 0.717) is 18.7 Å². The van der Waals surface area contributed by atoms with Gasteiger partial charge in [0.1, 0.15) is 0 Å². The van der Waals surface area contributed by atoms with Crippen LogP contribution in [0.15, 0.2) is 53.8 Å². The van der Waals surface area contributed by atoms with Gasteiger partial charge in [-0.1, -0.05) is 12.7 Å². The minimum Gasteiger partial charge on any atom is -0.462 e. The first-order valence-electron chi connectivity index (χ1n) is 6.08. The Morgan fingerprint density at radius 1 is 1.47 bits per heavy atom. The Morgan fingerprint density at radius 3 is 2.74 bits per heavy atom. The number of aromatic nitrogens is 1. The number of pyridine rings is 1. The third-order valence-corrected chi connectivity index (χ3v) is 2.36. The fourth-order valence-corrected chi connectivity index (χ4v) is 1.39. The van der Waals surface area contributed by atoms with Crippen molar-refractivity contribution in [2.24, 2.45) is 4.99 Å². The Bertz CT molecular complexity index is 490. The molecule has 0 bridgehead atoms. The SMILES string of the molecule is C=C/C(=C\C(C)=NCc1ccncc1)C(=O)OCC. The number of allylic oxidation sites excluding steroid dienone is 1. The van der Waals surface area contributed by atoms with Crippen molar-refractivity contribution in [3.05, 3.63) is 54.4 Å². The molecule has 0 fully saturated rings. The van der Waals surface area contributed by atoms with Crippen molar-refractivity contribution in [2.75, 3.05) is 6.61 Å². The smallest absolute Gasteiger partial charge is 0.338 e. The minimum absolute atomic E-state index is 0.344. The summed E-state index contributed by atoms with van der Waals surface area (Å²) in [5, 5.41) is 0. The molecular weight excluding hydrogens is 240 g/mol. The van der Waals surface area contributed by atoms with Crippen LogP contribution in [0.4, 0.5) is 0 Å². The van der Waals surface area contributed by atoms with E-state index in [1.807, 2.05) is 19.1 Å². The van der Waals surface area contributed by atoms with Gasteiger partial charge in [0.05, 0.1) is 18.7 Å². The molecule has 19 heavy (non-hydrogen) atoms. The predicted molar refractivity (Wildman–Crippen MR) is 76.0 cm³/mol. The van der Waals surface area contributed by atoms with E-state index in [1.165, 1.54) is 6.08 Å². The second-order valence-electron chi connectivity index (χ2n) is 3.84. The second kappa shape index (κ2) is 7.97. The number of rotatable bonds is 6. The fourth-order valence-electron chi connectivity index (χ4n) is 1.39. The van der Waals surface area contributed by atoms with Crippen LogP contribution in [0.2, 0.25) is 0 Å². The number of carbonyl (C=O) groups excluding carboxylic acids is 1. The molecule has 0 aromatic carbocycles. The van der Waals surface area contributed by atoms with Gasteiger partial charge >= 0.3 is 5.97 Å². The highest BCUT2D eigenvalue weighted by Gasteiger charge is 2.06. The van der Waals surface area contributed by atoms with Crippen LogP contribution in [-0.4, -0.2) is 23.3 Å². The van der Waals surface area contributed by atoms with Crippen LogP contribution in [0, 0.1) is 0 Å². The highest BCUT2D eigenvalue weighted by atomic mass is 16.5. The Labute approximate surface area is 113 Å². The number of aliphatic imine (C=N–C) groups is 1. The number of esters is 1. The molecule has 1 heterocycles. The molecule has 0 unspecified atom stereocenters. The van der Waals surface area contributed by atoms with E-state index in [0.717, 1.165) is 11.3 Å². The lowest BCUT2D eigenvalue weighted by atomic mass is 10.2. The van der Waals surface area contributed by atoms with Gasteiger partial charge in [0.15, 0.2) is 0 Å². The summed E-state index contributed by atoms with van der Waals surface area (Å²) in [7, 11) is 0. The van der Waals surface area contributed by atoms with Crippen LogP contribution in [0.3, 0.4) is 0 Å². The Balaban J connectivity index is 2.73. The molecule has 0 amide bonds. The van der Waals surface area contributed by atoms with E-state index >= 15 is 0 Å². The van der Waals surface area contributed by atoms with Crippen molar-refractivity contribution in [3.63, 3.8) is 0 Å². The molecular formula is C15H18N2O2. The van der Waals surface area contributed by atoms with Crippen molar-refractivity contribution in [2.45, 2.75) is 20.4 Å². The number of hydrogen-bond donors (Lipinski definition) is 0. The van der Waals surface area contributed by atoms with Gasteiger partial charge in [0.2, 0.25) is 0 Å². The van der Waals surface area contributed by atoms with Crippen LogP contribution in [-0.2, 0) is 16.1 Å². The van der Waals surface area contributed by atoms with Gasteiger partial charge < -0.3 is 4.74 Å². The fraction of sp³-hybridized carbons (Fsp3) is 0.267. The van der Waals surface area contributed by atoms with Crippen molar-refractivity contribution in [1.29, 1.82) is 0 Å². The number of carbonyl (C=O) groups is 1. The summed E-state index contributed by atoms with van der Waals surface area (Å²) in [6.07, 6.45) is 6.60. The van der Waals surface area contributed by atoms with Gasteiger partial charge in [-0.25, -0.2) is 4.79 Å². The number of nitrogens with zero attached hydrogens (tertiary/aromatic N) is 2. The summed E-state index contributed by atoms with van der Waals surface area (Å²) >= 11 is 0. The van der Waals surface area contributed by atoms with Crippen LogP contribution in [0.1, 0.15) is 19.4 Å². The summed E-state index contributed by atoms with van der Waals surface area (Å²) in [6.45, 7) is 8.11. The summed E-state index contributed by atoms with van der Waals surface area (Å²) in [5.41, 5.74) is 2.23. The van der Waals surface area contributed by atoms with Gasteiger partial charge in [-0.15, -0.1) is 0 Å². The highest BCUT2D eigenvalue weighted by Crippen LogP contribution is 2.03. The second-order valence-corrected chi connectivity index (χ2v) is 3.84. The largest absolute Gasteiger partial charge is 0.462 e. The van der Waals surface area contributed by atoms with Crippen molar-refractivity contribution in [1.82, 2.24) is 4.98 Å². The molecule has 0 aliphatic rings. The summed E-state index contributed by atoms with van der Waals surface area (Å²) < 4.78 is 4.92. The van der Waals surface area contributed by atoms with Gasteiger partial charge in [0, 0.05) is 18.1 Å². The van der Waals surface area contributed by atoms with E-state index in [-0.39, 0.29) is 5.97 Å². The van der Waals surface area contributed by atoms with Crippen LogP contribution >= 0.6 is 0 Å². The van der Waals surface area contributed by atoms with Crippen molar-refractivity contribution in [3.8, 4) is 0 Å². The molecule has 1 aromatic rings. The first kappa shape index (κ1) is 14.8. The Morgan fingerprint density at radius 2 is 2.16 bits per heavy atom. The minimum atomic E-state index is -0.379. The lowest BCUT2D eigenvalue weighted by molar-refractivity contribution is -0.138. The lowest BCUT2D eigenvalue weighted by Gasteiger charge is -2.02. The Kier molecular flexibility index (Phi) is 6.22. The van der Waals surface area contributed by atoms with Crippen molar-refractivity contribution >= 4 is 11.7 Å². The van der Waals surface area contributed by atoms with E-state index in [4.69, 9.17) is 4.74 Å². The van der Waals surface area contributed by atoms with Crippen LogP contribution < -0.4 is 0 Å². The van der Waals surface area contributed by atoms with Gasteiger partial charge in [-0.3, -0.25) is 9.98 Å². The van der Waals surface area contributed by atoms with Crippen LogP contribution in [0.5, 0.6) is 0 Å². The number of ether oxygens (including phenoxy) is 1. The average molecular weight is 258 g/mol. The molecule has 0 spiro atoms. The highest BCUT2D eigenvalue weighted by molar-refractivity contribution is 6.02. The molecule has 0 atom stereocenters. The lowest BCUT2D eigenvalue weighted by Crippen LogP contribution is -2.07. The van der Waals surface area contributed by atoms with Gasteiger partial charge in [-0.2, -0.15) is 0 Å². The molecule has 100 valence electrons. The van der Waals surface area contributed by atoms with E-state index in [1.54, 1.807) is 25.4 Å². The van der Waals surface area contributed by atoms with E-state index in [9.17, 15) is 4.79 Å². The standard InChI is InChI=1S/C15H18N2O2/c1-4-14(15(18)19-5-2)10-12(3)17-11-13-6-8-16-9-7-13/h4,6-10H,1,5,11H2,2-3H3/b14-10+,17-12?. The third-order valence-electron chi connectivity index (χ3n) is 2.36. The zero-order chi connectivity index (χ0) is 14.1. The molecule has 4 nitrogen and oxygen atoms in total. The molecule has 0 aliphatic carbocycles. The van der Waals surface area contributed by atoms with E-state index < -0.39 is 0 Å². The summed E-state index contributed by atoms with van der Waals surface area (Å²) in [4.78, 5) is 19.9. The van der Waals surface area contributed by atoms with E-state index in [2.05, 4.69) is 16.6 Å². The van der Waals surface area contributed by atoms with Gasteiger partial charge in [-0.05, 0) is 37.6 Å². The topological polar surface area (TPSA) is 51.5 Å². The summed E-state index contributed by atoms with van der Waals surface area (Å²) in [5.74, 6) is -0.379. The maximum atomic E-state index is 11.6. The monoisotopic (exact) mass is 258 g/mol. The molecule has 1 rings (SSSR count).